The first-order valence-electron chi connectivity index (χ1n) is 6.38. The molecule has 2 aromatic rings. The smallest absolute Gasteiger partial charge is 0.229 e. The van der Waals surface area contributed by atoms with Gasteiger partial charge in [-0.3, -0.25) is 0 Å². The molecule has 2 rings (SSSR count). The fourth-order valence-electron chi connectivity index (χ4n) is 1.71. The predicted octanol–water partition coefficient (Wildman–Crippen LogP) is 2.68. The van der Waals surface area contributed by atoms with E-state index in [4.69, 9.17) is 5.73 Å². The number of benzene rings is 1. The minimum absolute atomic E-state index is 0.111. The third-order valence-electron chi connectivity index (χ3n) is 2.82. The van der Waals surface area contributed by atoms with Crippen LogP contribution in [0.25, 0.3) is 0 Å². The topological polar surface area (TPSA) is 67.9 Å². The Morgan fingerprint density at radius 2 is 1.85 bits per heavy atom. The number of hydrogen-bond donors (Lipinski definition) is 1. The number of aromatic nitrogens is 3. The number of rotatable bonds is 4. The predicted molar refractivity (Wildman–Crippen MR) is 84.0 cm³/mol. The van der Waals surface area contributed by atoms with Gasteiger partial charge >= 0.3 is 0 Å². The van der Waals surface area contributed by atoms with Crippen molar-refractivity contribution in [2.24, 2.45) is 0 Å². The minimum atomic E-state index is 0.111. The van der Waals surface area contributed by atoms with E-state index in [2.05, 4.69) is 40.9 Å². The summed E-state index contributed by atoms with van der Waals surface area (Å²) in [4.78, 5) is 15.9. The number of nitrogens with two attached hydrogens (primary N) is 1. The first kappa shape index (κ1) is 14.6. The number of hydrogen-bond acceptors (Lipinski definition) is 6. The van der Waals surface area contributed by atoms with Gasteiger partial charge in [-0.25, -0.2) is 0 Å². The maximum Gasteiger partial charge on any atom is 0.229 e. The molecule has 1 aromatic heterocycles. The summed E-state index contributed by atoms with van der Waals surface area (Å²) >= 11 is 1.73. The molecule has 0 aliphatic carbocycles. The molecule has 20 heavy (non-hydrogen) atoms. The summed E-state index contributed by atoms with van der Waals surface area (Å²) in [5.41, 5.74) is 7.01. The Balaban J connectivity index is 2.25. The van der Waals surface area contributed by atoms with E-state index in [-0.39, 0.29) is 11.2 Å². The molecule has 2 N–H and O–H groups in total. The Kier molecular flexibility index (Phi) is 4.44. The van der Waals surface area contributed by atoms with Gasteiger partial charge in [0.25, 0.3) is 0 Å². The van der Waals surface area contributed by atoms with Crippen LogP contribution in [0, 0.1) is 6.92 Å². The summed E-state index contributed by atoms with van der Waals surface area (Å²) < 4.78 is 0. The molecule has 1 aromatic carbocycles. The molecule has 1 atom stereocenters. The summed E-state index contributed by atoms with van der Waals surface area (Å²) in [7, 11) is 3.77. The van der Waals surface area contributed by atoms with Crippen LogP contribution in [0.5, 0.6) is 0 Å². The fraction of sp³-hybridized carbons (Fsp3) is 0.357. The maximum atomic E-state index is 5.76. The lowest BCUT2D eigenvalue weighted by molar-refractivity contribution is 0.864. The molecule has 5 nitrogen and oxygen atoms in total. The van der Waals surface area contributed by atoms with E-state index < -0.39 is 0 Å². The zero-order chi connectivity index (χ0) is 14.7. The first-order chi connectivity index (χ1) is 9.47. The van der Waals surface area contributed by atoms with Crippen molar-refractivity contribution < 1.29 is 0 Å². The van der Waals surface area contributed by atoms with Crippen LogP contribution >= 0.6 is 11.8 Å². The van der Waals surface area contributed by atoms with Crippen LogP contribution in [0.4, 0.5) is 11.9 Å². The van der Waals surface area contributed by atoms with Gasteiger partial charge < -0.3 is 10.6 Å². The molecule has 0 aliphatic heterocycles. The van der Waals surface area contributed by atoms with Crippen molar-refractivity contribution in [2.45, 2.75) is 24.0 Å². The van der Waals surface area contributed by atoms with Crippen molar-refractivity contribution in [1.82, 2.24) is 15.0 Å². The average Bonchev–Trinajstić information content (AvgIpc) is 2.40. The van der Waals surface area contributed by atoms with Crippen LogP contribution in [-0.4, -0.2) is 29.0 Å². The number of anilines is 2. The number of thioether (sulfide) groups is 1. The van der Waals surface area contributed by atoms with Crippen LogP contribution in [0.1, 0.15) is 23.6 Å². The second kappa shape index (κ2) is 6.09. The molecule has 1 heterocycles. The van der Waals surface area contributed by atoms with E-state index in [1.54, 1.807) is 11.8 Å². The average molecular weight is 289 g/mol. The lowest BCUT2D eigenvalue weighted by Crippen LogP contribution is -2.16. The van der Waals surface area contributed by atoms with E-state index in [0.717, 1.165) is 0 Å². The van der Waals surface area contributed by atoms with E-state index in [1.807, 2.05) is 31.1 Å². The maximum absolute atomic E-state index is 5.76. The Bertz CT molecular complexity index is 600. The molecule has 0 spiro atoms. The largest absolute Gasteiger partial charge is 0.368 e. The second-order valence-corrected chi connectivity index (χ2v) is 6.15. The normalized spacial score (nSPS) is 12.2. The SMILES string of the molecule is Cc1ccccc1S[C@@H](C)c1nc(N)nc(N(C)C)n1. The molecular formula is C14H19N5S. The number of nitrogen functional groups attached to an aromatic ring is 1. The third kappa shape index (κ3) is 3.39. The van der Waals surface area contributed by atoms with Gasteiger partial charge in [0, 0.05) is 19.0 Å². The standard InChI is InChI=1S/C14H19N5S/c1-9-7-5-6-8-11(9)20-10(2)12-16-13(15)18-14(17-12)19(3)4/h5-8,10H,1-4H3,(H2,15,16,17,18)/t10-/m0/s1. The highest BCUT2D eigenvalue weighted by atomic mass is 32.2. The quantitative estimate of drug-likeness (QED) is 0.873. The van der Waals surface area contributed by atoms with Gasteiger partial charge in [-0.05, 0) is 25.5 Å². The highest BCUT2D eigenvalue weighted by molar-refractivity contribution is 7.99. The van der Waals surface area contributed by atoms with Crippen LogP contribution < -0.4 is 10.6 Å². The molecule has 0 aliphatic rings. The lowest BCUT2D eigenvalue weighted by Gasteiger charge is -2.15. The molecule has 106 valence electrons. The summed E-state index contributed by atoms with van der Waals surface area (Å²) in [6, 6.07) is 8.28. The highest BCUT2D eigenvalue weighted by Gasteiger charge is 2.15. The van der Waals surface area contributed by atoms with Crippen molar-refractivity contribution in [3.05, 3.63) is 35.7 Å². The molecular weight excluding hydrogens is 270 g/mol. The van der Waals surface area contributed by atoms with Gasteiger partial charge in [0.05, 0.1) is 5.25 Å². The van der Waals surface area contributed by atoms with Gasteiger partial charge in [0.15, 0.2) is 0 Å². The highest BCUT2D eigenvalue weighted by Crippen LogP contribution is 2.35. The van der Waals surface area contributed by atoms with Crippen molar-refractivity contribution in [3.63, 3.8) is 0 Å². The van der Waals surface area contributed by atoms with E-state index in [0.29, 0.717) is 11.8 Å². The summed E-state index contributed by atoms with van der Waals surface area (Å²) in [6.45, 7) is 4.17. The van der Waals surface area contributed by atoms with Gasteiger partial charge in [-0.15, -0.1) is 11.8 Å². The van der Waals surface area contributed by atoms with Gasteiger partial charge in [0.2, 0.25) is 11.9 Å². The molecule has 0 radical (unpaired) electrons. The van der Waals surface area contributed by atoms with E-state index >= 15 is 0 Å². The van der Waals surface area contributed by atoms with E-state index in [9.17, 15) is 0 Å². The van der Waals surface area contributed by atoms with Crippen molar-refractivity contribution >= 4 is 23.7 Å². The van der Waals surface area contributed by atoms with Crippen LogP contribution in [0.2, 0.25) is 0 Å². The fourth-order valence-corrected chi connectivity index (χ4v) is 2.71. The van der Waals surface area contributed by atoms with Crippen LogP contribution in [0.3, 0.4) is 0 Å². The molecule has 0 saturated heterocycles. The molecule has 0 bridgehead atoms. The van der Waals surface area contributed by atoms with Crippen LogP contribution in [-0.2, 0) is 0 Å². The van der Waals surface area contributed by atoms with Crippen molar-refractivity contribution in [3.8, 4) is 0 Å². The lowest BCUT2D eigenvalue weighted by atomic mass is 10.2. The van der Waals surface area contributed by atoms with Gasteiger partial charge in [-0.1, -0.05) is 18.2 Å². The Hall–Kier alpha value is -1.82. The molecule has 0 amide bonds. The Labute approximate surface area is 123 Å². The summed E-state index contributed by atoms with van der Waals surface area (Å²) in [5.74, 6) is 1.55. The molecule has 0 unspecified atom stereocenters. The molecule has 0 fully saturated rings. The van der Waals surface area contributed by atoms with Crippen molar-refractivity contribution in [2.75, 3.05) is 24.7 Å². The Morgan fingerprint density at radius 1 is 1.15 bits per heavy atom. The Morgan fingerprint density at radius 3 is 2.50 bits per heavy atom. The first-order valence-corrected chi connectivity index (χ1v) is 7.26. The van der Waals surface area contributed by atoms with Gasteiger partial charge in [-0.2, -0.15) is 15.0 Å². The number of aryl methyl sites for hydroxylation is 1. The van der Waals surface area contributed by atoms with Crippen LogP contribution in [0.15, 0.2) is 29.2 Å². The van der Waals surface area contributed by atoms with E-state index in [1.165, 1.54) is 10.5 Å². The zero-order valence-corrected chi connectivity index (χ0v) is 13.0. The molecule has 0 saturated carbocycles. The second-order valence-electron chi connectivity index (χ2n) is 4.77. The third-order valence-corrected chi connectivity index (χ3v) is 4.10. The molecule has 6 heteroatoms. The minimum Gasteiger partial charge on any atom is -0.368 e. The summed E-state index contributed by atoms with van der Waals surface area (Å²) in [5, 5.41) is 0.111. The van der Waals surface area contributed by atoms with Gasteiger partial charge in [0.1, 0.15) is 5.82 Å². The monoisotopic (exact) mass is 289 g/mol. The van der Waals surface area contributed by atoms with Crippen molar-refractivity contribution in [1.29, 1.82) is 0 Å². The zero-order valence-electron chi connectivity index (χ0n) is 12.2. The summed E-state index contributed by atoms with van der Waals surface area (Å²) in [6.07, 6.45) is 0. The number of nitrogens with zero attached hydrogens (tertiary/aromatic N) is 4.